The van der Waals surface area contributed by atoms with Gasteiger partial charge in [0.1, 0.15) is 0 Å². The summed E-state index contributed by atoms with van der Waals surface area (Å²) in [6.07, 6.45) is 0. The summed E-state index contributed by atoms with van der Waals surface area (Å²) < 4.78 is 0. The standard InChI is InChI=1S/C70H49N/c1-69(2)57-37-16-13-33-55(57)66-54(36-21-41-61(66)69)52-31-15-20-43-63(52)71(64-44-22-35-49(47-26-7-4-8-27-47)67(64)53-32-10-9-28-48(53)46-24-5-3-6-25-46)65-45-23-42-62-68(65)56-34-14-19-40-60(56)70(62)58-38-17-11-29-50(58)51-30-12-18-39-59(51)70/h3-45H,1-2H3. The van der Waals surface area contributed by atoms with Crippen molar-refractivity contribution in [2.45, 2.75) is 24.7 Å². The Balaban J connectivity index is 1.13. The smallest absolute Gasteiger partial charge is 0.0726 e. The van der Waals surface area contributed by atoms with Gasteiger partial charge in [-0.3, -0.25) is 0 Å². The third kappa shape index (κ3) is 5.87. The van der Waals surface area contributed by atoms with Crippen molar-refractivity contribution in [3.05, 3.63) is 294 Å². The molecule has 0 amide bonds. The number of benzene rings is 11. The molecule has 0 fully saturated rings. The van der Waals surface area contributed by atoms with Gasteiger partial charge in [-0.2, -0.15) is 0 Å². The van der Waals surface area contributed by atoms with Crippen molar-refractivity contribution in [2.24, 2.45) is 0 Å². The van der Waals surface area contributed by atoms with E-state index in [9.17, 15) is 0 Å². The van der Waals surface area contributed by atoms with Crippen LogP contribution in [0.15, 0.2) is 261 Å². The molecule has 0 saturated heterocycles. The van der Waals surface area contributed by atoms with Crippen molar-refractivity contribution in [1.82, 2.24) is 0 Å². The lowest BCUT2D eigenvalue weighted by Crippen LogP contribution is -2.26. The first kappa shape index (κ1) is 41.2. The summed E-state index contributed by atoms with van der Waals surface area (Å²) in [5.74, 6) is 0. The van der Waals surface area contributed by atoms with Crippen LogP contribution in [0.4, 0.5) is 17.1 Å². The van der Waals surface area contributed by atoms with E-state index in [1.54, 1.807) is 0 Å². The molecule has 71 heavy (non-hydrogen) atoms. The minimum atomic E-state index is -0.509. The minimum Gasteiger partial charge on any atom is -0.309 e. The zero-order valence-corrected chi connectivity index (χ0v) is 39.8. The van der Waals surface area contributed by atoms with Crippen molar-refractivity contribution >= 4 is 17.1 Å². The fourth-order valence-corrected chi connectivity index (χ4v) is 13.0. The highest BCUT2D eigenvalue weighted by atomic mass is 15.2. The lowest BCUT2D eigenvalue weighted by atomic mass is 9.70. The Bertz CT molecular complexity index is 3870. The van der Waals surface area contributed by atoms with Gasteiger partial charge in [-0.25, -0.2) is 0 Å². The number of hydrogen-bond donors (Lipinski definition) is 0. The number of hydrogen-bond acceptors (Lipinski definition) is 1. The molecule has 0 heterocycles. The molecule has 0 radical (unpaired) electrons. The van der Waals surface area contributed by atoms with Crippen LogP contribution in [0.25, 0.3) is 77.9 Å². The highest BCUT2D eigenvalue weighted by Crippen LogP contribution is 2.65. The van der Waals surface area contributed by atoms with Gasteiger partial charge in [0.05, 0.1) is 22.5 Å². The lowest BCUT2D eigenvalue weighted by molar-refractivity contribution is 0.660. The van der Waals surface area contributed by atoms with E-state index in [2.05, 4.69) is 280 Å². The van der Waals surface area contributed by atoms with Gasteiger partial charge < -0.3 is 4.90 Å². The van der Waals surface area contributed by atoms with Crippen LogP contribution in [0.1, 0.15) is 47.2 Å². The predicted octanol–water partition coefficient (Wildman–Crippen LogP) is 18.5. The van der Waals surface area contributed by atoms with Crippen LogP contribution < -0.4 is 4.90 Å². The van der Waals surface area contributed by atoms with Crippen molar-refractivity contribution in [3.63, 3.8) is 0 Å². The normalized spacial score (nSPS) is 13.7. The fourth-order valence-electron chi connectivity index (χ4n) is 13.0. The number of para-hydroxylation sites is 1. The second-order valence-corrected chi connectivity index (χ2v) is 19.8. The van der Waals surface area contributed by atoms with Crippen molar-refractivity contribution in [3.8, 4) is 77.9 Å². The van der Waals surface area contributed by atoms with Crippen LogP contribution >= 0.6 is 0 Å². The Labute approximate surface area is 416 Å². The van der Waals surface area contributed by atoms with Gasteiger partial charge in [-0.1, -0.05) is 257 Å². The maximum absolute atomic E-state index is 2.63. The SMILES string of the molecule is CC1(C)c2ccccc2-c2c(-c3ccccc3N(c3cccc(-c4ccccc4)c3-c3ccccc3-c3ccccc3)c3cccc4c3-c3ccccc3C43c4ccccc4-c4ccccc43)cccc21. The van der Waals surface area contributed by atoms with Gasteiger partial charge in [0, 0.05) is 22.1 Å². The maximum Gasteiger partial charge on any atom is 0.0726 e. The summed E-state index contributed by atoms with van der Waals surface area (Å²) >= 11 is 0. The van der Waals surface area contributed by atoms with Gasteiger partial charge in [-0.05, 0) is 113 Å². The van der Waals surface area contributed by atoms with Crippen LogP contribution in [0.5, 0.6) is 0 Å². The maximum atomic E-state index is 2.63. The van der Waals surface area contributed by atoms with Crippen LogP contribution in [0, 0.1) is 0 Å². The number of rotatable bonds is 7. The summed E-state index contributed by atoms with van der Waals surface area (Å²) in [5.41, 5.74) is 27.9. The van der Waals surface area contributed by atoms with Gasteiger partial charge in [0.15, 0.2) is 0 Å². The molecule has 1 heteroatoms. The summed E-state index contributed by atoms with van der Waals surface area (Å²) in [6, 6.07) is 97.5. The Morgan fingerprint density at radius 3 is 1.25 bits per heavy atom. The molecular weight excluding hydrogens is 855 g/mol. The van der Waals surface area contributed by atoms with E-state index in [0.717, 1.165) is 17.1 Å². The molecule has 0 saturated carbocycles. The van der Waals surface area contributed by atoms with E-state index in [0.29, 0.717) is 0 Å². The first-order valence-corrected chi connectivity index (χ1v) is 24.9. The monoisotopic (exact) mass is 903 g/mol. The lowest BCUT2D eigenvalue weighted by Gasteiger charge is -2.34. The van der Waals surface area contributed by atoms with Gasteiger partial charge in [0.2, 0.25) is 0 Å². The Morgan fingerprint density at radius 1 is 0.225 bits per heavy atom. The summed E-state index contributed by atoms with van der Waals surface area (Å²) in [7, 11) is 0. The Hall–Kier alpha value is -8.78. The van der Waals surface area contributed by atoms with Crippen LogP contribution in [0.3, 0.4) is 0 Å². The molecule has 11 aromatic carbocycles. The molecular formula is C70H49N. The highest BCUT2D eigenvalue weighted by molar-refractivity contribution is 6.08. The zero-order valence-electron chi connectivity index (χ0n) is 39.8. The molecule has 0 N–H and O–H groups in total. The van der Waals surface area contributed by atoms with E-state index in [1.807, 2.05) is 0 Å². The van der Waals surface area contributed by atoms with E-state index in [4.69, 9.17) is 0 Å². The third-order valence-electron chi connectivity index (χ3n) is 15.9. The number of nitrogens with zero attached hydrogens (tertiary/aromatic N) is 1. The topological polar surface area (TPSA) is 3.24 Å². The first-order valence-electron chi connectivity index (χ1n) is 24.9. The molecule has 3 aliphatic rings. The van der Waals surface area contributed by atoms with Gasteiger partial charge >= 0.3 is 0 Å². The Kier molecular flexibility index (Phi) is 9.22. The number of anilines is 3. The van der Waals surface area contributed by atoms with Crippen LogP contribution in [-0.2, 0) is 10.8 Å². The summed E-state index contributed by atoms with van der Waals surface area (Å²) in [4.78, 5) is 2.63. The quantitative estimate of drug-likeness (QED) is 0.154. The summed E-state index contributed by atoms with van der Waals surface area (Å²) in [6.45, 7) is 4.76. The molecule has 0 aromatic heterocycles. The van der Waals surface area contributed by atoms with Gasteiger partial charge in [-0.15, -0.1) is 0 Å². The molecule has 0 bridgehead atoms. The second kappa shape index (κ2) is 15.9. The minimum absolute atomic E-state index is 0.152. The van der Waals surface area contributed by atoms with Crippen molar-refractivity contribution in [1.29, 1.82) is 0 Å². The van der Waals surface area contributed by atoms with E-state index in [1.165, 1.54) is 111 Å². The van der Waals surface area contributed by atoms with E-state index < -0.39 is 5.41 Å². The van der Waals surface area contributed by atoms with Crippen LogP contribution in [-0.4, -0.2) is 0 Å². The highest BCUT2D eigenvalue weighted by Gasteiger charge is 2.52. The summed E-state index contributed by atoms with van der Waals surface area (Å²) in [5, 5.41) is 0. The number of fused-ring (bicyclic) bond motifs is 13. The Morgan fingerprint density at radius 2 is 0.606 bits per heavy atom. The van der Waals surface area contributed by atoms with Gasteiger partial charge in [0.25, 0.3) is 0 Å². The molecule has 334 valence electrons. The fraction of sp³-hybridized carbons (Fsp3) is 0.0571. The third-order valence-corrected chi connectivity index (χ3v) is 15.9. The average molecular weight is 904 g/mol. The molecule has 1 nitrogen and oxygen atoms in total. The zero-order chi connectivity index (χ0) is 47.3. The van der Waals surface area contributed by atoms with Crippen molar-refractivity contribution in [2.75, 3.05) is 4.90 Å². The molecule has 1 spiro atoms. The second-order valence-electron chi connectivity index (χ2n) is 19.8. The first-order chi connectivity index (χ1) is 35.0. The average Bonchev–Trinajstić information content (AvgIpc) is 4.03. The molecule has 14 rings (SSSR count). The van der Waals surface area contributed by atoms with E-state index in [-0.39, 0.29) is 5.41 Å². The predicted molar refractivity (Wildman–Crippen MR) is 297 cm³/mol. The molecule has 3 aliphatic carbocycles. The van der Waals surface area contributed by atoms with Crippen molar-refractivity contribution < 1.29 is 0 Å². The molecule has 11 aromatic rings. The van der Waals surface area contributed by atoms with Crippen LogP contribution in [0.2, 0.25) is 0 Å². The largest absolute Gasteiger partial charge is 0.309 e. The van der Waals surface area contributed by atoms with E-state index >= 15 is 0 Å². The molecule has 0 unspecified atom stereocenters. The molecule has 0 aliphatic heterocycles. The molecule has 0 atom stereocenters.